The van der Waals surface area contributed by atoms with E-state index in [0.717, 1.165) is 66.0 Å². The molecule has 3 aromatic rings. The lowest BCUT2D eigenvalue weighted by molar-refractivity contribution is 0.227. The lowest BCUT2D eigenvalue weighted by Crippen LogP contribution is -2.43. The number of hydrogen-bond donors (Lipinski definition) is 2. The maximum absolute atomic E-state index is 6.08. The van der Waals surface area contributed by atoms with Gasteiger partial charge in [-0.15, -0.1) is 0 Å². The maximum Gasteiger partial charge on any atom is 0.135 e. The number of nitrogens with zero attached hydrogens (tertiary/aromatic N) is 2. The zero-order valence-corrected chi connectivity index (χ0v) is 18.3. The Kier molecular flexibility index (Phi) is 6.53. The largest absolute Gasteiger partial charge is 0.486 e. The van der Waals surface area contributed by atoms with Crippen LogP contribution < -0.4 is 20.3 Å². The van der Waals surface area contributed by atoms with E-state index in [2.05, 4.69) is 60.2 Å². The third-order valence-electron chi connectivity index (χ3n) is 5.58. The van der Waals surface area contributed by atoms with Gasteiger partial charge in [0.25, 0.3) is 0 Å². The Morgan fingerprint density at radius 2 is 1.74 bits per heavy atom. The van der Waals surface area contributed by atoms with Crippen molar-refractivity contribution in [3.05, 3.63) is 90.0 Å². The third kappa shape index (κ3) is 5.25. The van der Waals surface area contributed by atoms with Crippen molar-refractivity contribution < 1.29 is 4.74 Å². The number of pyridine rings is 1. The highest BCUT2D eigenvalue weighted by Crippen LogP contribution is 2.26. The van der Waals surface area contributed by atoms with Gasteiger partial charge in [-0.25, -0.2) is 4.98 Å². The van der Waals surface area contributed by atoms with E-state index < -0.39 is 0 Å². The molecule has 1 aliphatic rings. The molecule has 0 aliphatic carbocycles. The minimum absolute atomic E-state index is 0.00652. The van der Waals surface area contributed by atoms with Gasteiger partial charge in [0.2, 0.25) is 0 Å². The van der Waals surface area contributed by atoms with E-state index in [0.29, 0.717) is 0 Å². The van der Waals surface area contributed by atoms with Crippen LogP contribution in [0.15, 0.2) is 73.3 Å². The molecule has 1 unspecified atom stereocenters. The van der Waals surface area contributed by atoms with Crippen molar-refractivity contribution in [1.82, 2.24) is 10.3 Å². The molecule has 1 aromatic heterocycles. The molecule has 4 rings (SSSR count). The summed E-state index contributed by atoms with van der Waals surface area (Å²) in [5.74, 6) is 2.68. The fourth-order valence-electron chi connectivity index (χ4n) is 3.66. The van der Waals surface area contributed by atoms with Crippen molar-refractivity contribution in [2.24, 2.45) is 0 Å². The van der Waals surface area contributed by atoms with Crippen LogP contribution in [0.25, 0.3) is 5.70 Å². The molecule has 0 saturated carbocycles. The number of anilines is 2. The summed E-state index contributed by atoms with van der Waals surface area (Å²) in [4.78, 5) is 7.16. The summed E-state index contributed by atoms with van der Waals surface area (Å²) < 4.78 is 6.08. The average Bonchev–Trinajstić information content (AvgIpc) is 2.82. The average molecular weight is 415 g/mol. The summed E-state index contributed by atoms with van der Waals surface area (Å²) in [5, 5.41) is 6.78. The van der Waals surface area contributed by atoms with Crippen LogP contribution in [0.3, 0.4) is 0 Å². The standard InChI is InChI=1S/C26H30N4O/c1-19-9-14-25(30-17-15-27-16-18-30)29-26(19)28-20(2)22-10-12-24(13-11-22)31-21(3)23-7-5-4-6-8-23/h4-14,21,27H,2,15-18H2,1,3H3,(H,28,29). The minimum atomic E-state index is -0.00652. The van der Waals surface area contributed by atoms with Gasteiger partial charge >= 0.3 is 0 Å². The zero-order valence-electron chi connectivity index (χ0n) is 18.3. The second-order valence-corrected chi connectivity index (χ2v) is 7.87. The van der Waals surface area contributed by atoms with Gasteiger partial charge in [-0.3, -0.25) is 0 Å². The Balaban J connectivity index is 1.42. The van der Waals surface area contributed by atoms with Crippen LogP contribution in [-0.2, 0) is 0 Å². The highest BCUT2D eigenvalue weighted by Gasteiger charge is 2.14. The number of piperazine rings is 1. The Bertz CT molecular complexity index is 1010. The first-order valence-electron chi connectivity index (χ1n) is 10.8. The van der Waals surface area contributed by atoms with Gasteiger partial charge in [-0.2, -0.15) is 0 Å². The van der Waals surface area contributed by atoms with E-state index in [1.54, 1.807) is 0 Å². The molecular weight excluding hydrogens is 384 g/mol. The zero-order chi connectivity index (χ0) is 21.6. The fraction of sp³-hybridized carbons (Fsp3) is 0.269. The molecule has 1 atom stereocenters. The summed E-state index contributed by atoms with van der Waals surface area (Å²) in [5.41, 5.74) is 4.07. The van der Waals surface area contributed by atoms with Gasteiger partial charge in [0, 0.05) is 31.9 Å². The molecule has 5 nitrogen and oxygen atoms in total. The van der Waals surface area contributed by atoms with Crippen molar-refractivity contribution >= 4 is 17.3 Å². The van der Waals surface area contributed by atoms with Crippen LogP contribution in [0.4, 0.5) is 11.6 Å². The normalized spacial score (nSPS) is 14.7. The van der Waals surface area contributed by atoms with Crippen molar-refractivity contribution in [1.29, 1.82) is 0 Å². The van der Waals surface area contributed by atoms with E-state index >= 15 is 0 Å². The molecule has 31 heavy (non-hydrogen) atoms. The van der Waals surface area contributed by atoms with Crippen molar-refractivity contribution in [3.8, 4) is 5.75 Å². The molecule has 1 fully saturated rings. The summed E-state index contributed by atoms with van der Waals surface area (Å²) in [7, 11) is 0. The first kappa shape index (κ1) is 20.9. The van der Waals surface area contributed by atoms with Gasteiger partial charge in [0.1, 0.15) is 23.5 Å². The van der Waals surface area contributed by atoms with Crippen LogP contribution in [0.1, 0.15) is 29.7 Å². The van der Waals surface area contributed by atoms with Crippen LogP contribution in [-0.4, -0.2) is 31.2 Å². The lowest BCUT2D eigenvalue weighted by atomic mass is 10.1. The quantitative estimate of drug-likeness (QED) is 0.568. The van der Waals surface area contributed by atoms with Crippen LogP contribution >= 0.6 is 0 Å². The predicted octanol–water partition coefficient (Wildman–Crippen LogP) is 5.02. The van der Waals surface area contributed by atoms with Crippen LogP contribution in [0.5, 0.6) is 5.75 Å². The summed E-state index contributed by atoms with van der Waals surface area (Å²) in [6.07, 6.45) is -0.00652. The molecule has 2 heterocycles. The van der Waals surface area contributed by atoms with E-state index in [9.17, 15) is 0 Å². The third-order valence-corrected chi connectivity index (χ3v) is 5.58. The van der Waals surface area contributed by atoms with Crippen molar-refractivity contribution in [2.75, 3.05) is 36.4 Å². The maximum atomic E-state index is 6.08. The second kappa shape index (κ2) is 9.67. The molecular formula is C26H30N4O. The first-order chi connectivity index (χ1) is 15.1. The van der Waals surface area contributed by atoms with Crippen molar-refractivity contribution in [3.63, 3.8) is 0 Å². The number of hydrogen-bond acceptors (Lipinski definition) is 5. The number of nitrogens with one attached hydrogen (secondary N) is 2. The Hall–Kier alpha value is -3.31. The molecule has 2 aromatic carbocycles. The summed E-state index contributed by atoms with van der Waals surface area (Å²) in [6.45, 7) is 12.3. The van der Waals surface area contributed by atoms with Crippen molar-refractivity contribution in [2.45, 2.75) is 20.0 Å². The SMILES string of the molecule is C=C(Nc1nc(N2CCNCC2)ccc1C)c1ccc(OC(C)c2ccccc2)cc1. The van der Waals surface area contributed by atoms with Gasteiger partial charge in [0.15, 0.2) is 0 Å². The Morgan fingerprint density at radius 1 is 1.03 bits per heavy atom. The number of rotatable bonds is 7. The molecule has 0 amide bonds. The molecule has 5 heteroatoms. The van der Waals surface area contributed by atoms with Gasteiger partial charge < -0.3 is 20.3 Å². The van der Waals surface area contributed by atoms with Gasteiger partial charge in [-0.05, 0) is 60.9 Å². The summed E-state index contributed by atoms with van der Waals surface area (Å²) in [6, 6.07) is 22.5. The lowest BCUT2D eigenvalue weighted by Gasteiger charge is -2.29. The van der Waals surface area contributed by atoms with Gasteiger partial charge in [-0.1, -0.05) is 43.0 Å². The minimum Gasteiger partial charge on any atom is -0.486 e. The molecule has 0 spiro atoms. The number of aryl methyl sites for hydroxylation is 1. The molecule has 1 aliphatic heterocycles. The molecule has 1 saturated heterocycles. The number of aromatic nitrogens is 1. The topological polar surface area (TPSA) is 49.4 Å². The van der Waals surface area contributed by atoms with E-state index in [1.807, 2.05) is 42.5 Å². The molecule has 160 valence electrons. The molecule has 0 radical (unpaired) electrons. The van der Waals surface area contributed by atoms with E-state index in [1.165, 1.54) is 0 Å². The first-order valence-corrected chi connectivity index (χ1v) is 10.8. The Morgan fingerprint density at radius 3 is 2.45 bits per heavy atom. The predicted molar refractivity (Wildman–Crippen MR) is 129 cm³/mol. The van der Waals surface area contributed by atoms with Crippen LogP contribution in [0, 0.1) is 6.92 Å². The number of ether oxygens (including phenoxy) is 1. The highest BCUT2D eigenvalue weighted by atomic mass is 16.5. The van der Waals surface area contributed by atoms with E-state index in [4.69, 9.17) is 9.72 Å². The second-order valence-electron chi connectivity index (χ2n) is 7.87. The number of benzene rings is 2. The summed E-state index contributed by atoms with van der Waals surface area (Å²) >= 11 is 0. The van der Waals surface area contributed by atoms with E-state index in [-0.39, 0.29) is 6.10 Å². The van der Waals surface area contributed by atoms with Gasteiger partial charge in [0.05, 0.1) is 0 Å². The monoisotopic (exact) mass is 414 g/mol. The molecule has 2 N–H and O–H groups in total. The smallest absolute Gasteiger partial charge is 0.135 e. The van der Waals surface area contributed by atoms with Crippen LogP contribution in [0.2, 0.25) is 0 Å². The highest BCUT2D eigenvalue weighted by molar-refractivity contribution is 5.75. The fourth-order valence-corrected chi connectivity index (χ4v) is 3.66. The molecule has 0 bridgehead atoms. The Labute approximate surface area is 184 Å².